The standard InChI is InChI=1S/C22H19N3O/c1-26-22-19-13-18(16-5-3-2-4-6-16)21(25-20(19)11-12-24-22)17-9-7-15(14-23)8-10-17/h2-13H,14,23H2,1H3. The van der Waals surface area contributed by atoms with E-state index in [4.69, 9.17) is 15.5 Å². The van der Waals surface area contributed by atoms with Gasteiger partial charge >= 0.3 is 0 Å². The summed E-state index contributed by atoms with van der Waals surface area (Å²) in [5.74, 6) is 0.581. The van der Waals surface area contributed by atoms with Gasteiger partial charge in [-0.15, -0.1) is 0 Å². The van der Waals surface area contributed by atoms with Gasteiger partial charge in [0.2, 0.25) is 5.88 Å². The minimum atomic E-state index is 0.528. The van der Waals surface area contributed by atoms with E-state index in [1.165, 1.54) is 0 Å². The van der Waals surface area contributed by atoms with Gasteiger partial charge in [0, 0.05) is 23.9 Å². The smallest absolute Gasteiger partial charge is 0.222 e. The maximum Gasteiger partial charge on any atom is 0.222 e. The number of hydrogen-bond donors (Lipinski definition) is 1. The first-order chi connectivity index (χ1) is 12.8. The molecule has 4 rings (SSSR count). The van der Waals surface area contributed by atoms with Crippen molar-refractivity contribution in [1.82, 2.24) is 9.97 Å². The Kier molecular flexibility index (Phi) is 4.33. The molecule has 0 unspecified atom stereocenters. The van der Waals surface area contributed by atoms with Crippen LogP contribution < -0.4 is 10.5 Å². The van der Waals surface area contributed by atoms with Crippen LogP contribution in [-0.4, -0.2) is 17.1 Å². The number of ether oxygens (including phenoxy) is 1. The molecular formula is C22H19N3O. The number of nitrogens with two attached hydrogens (primary N) is 1. The van der Waals surface area contributed by atoms with Crippen LogP contribution in [0.15, 0.2) is 72.9 Å². The van der Waals surface area contributed by atoms with E-state index in [9.17, 15) is 0 Å². The average Bonchev–Trinajstić information content (AvgIpc) is 2.73. The van der Waals surface area contributed by atoms with E-state index in [-0.39, 0.29) is 0 Å². The lowest BCUT2D eigenvalue weighted by molar-refractivity contribution is 0.403. The Bertz CT molecular complexity index is 1040. The number of nitrogens with zero attached hydrogens (tertiary/aromatic N) is 2. The summed E-state index contributed by atoms with van der Waals surface area (Å²) in [6, 6.07) is 22.5. The highest BCUT2D eigenvalue weighted by atomic mass is 16.5. The van der Waals surface area contributed by atoms with Crippen LogP contribution in [0.3, 0.4) is 0 Å². The summed E-state index contributed by atoms with van der Waals surface area (Å²) in [5.41, 5.74) is 11.8. The predicted octanol–water partition coefficient (Wildman–Crippen LogP) is 4.43. The predicted molar refractivity (Wildman–Crippen MR) is 105 cm³/mol. The maximum atomic E-state index is 5.73. The van der Waals surface area contributed by atoms with Crippen molar-refractivity contribution < 1.29 is 4.74 Å². The van der Waals surface area contributed by atoms with E-state index >= 15 is 0 Å². The van der Waals surface area contributed by atoms with E-state index in [0.717, 1.165) is 38.9 Å². The number of hydrogen-bond acceptors (Lipinski definition) is 4. The van der Waals surface area contributed by atoms with Crippen LogP contribution in [0.5, 0.6) is 5.88 Å². The molecule has 0 saturated heterocycles. The van der Waals surface area contributed by atoms with E-state index in [2.05, 4.69) is 35.3 Å². The third-order valence-electron chi connectivity index (χ3n) is 4.45. The molecule has 0 aliphatic rings. The largest absolute Gasteiger partial charge is 0.481 e. The van der Waals surface area contributed by atoms with Crippen molar-refractivity contribution >= 4 is 10.9 Å². The molecule has 0 amide bonds. The molecule has 2 aromatic carbocycles. The Morgan fingerprint density at radius 3 is 2.38 bits per heavy atom. The molecule has 4 aromatic rings. The van der Waals surface area contributed by atoms with Crippen LogP contribution >= 0.6 is 0 Å². The summed E-state index contributed by atoms with van der Waals surface area (Å²) in [6.45, 7) is 0.528. The summed E-state index contributed by atoms with van der Waals surface area (Å²) < 4.78 is 5.43. The number of methoxy groups -OCH3 is 1. The first-order valence-corrected chi connectivity index (χ1v) is 8.48. The summed E-state index contributed by atoms with van der Waals surface area (Å²) >= 11 is 0. The Balaban J connectivity index is 2.00. The molecule has 26 heavy (non-hydrogen) atoms. The zero-order chi connectivity index (χ0) is 17.9. The molecule has 0 radical (unpaired) electrons. The fraction of sp³-hybridized carbons (Fsp3) is 0.0909. The van der Waals surface area contributed by atoms with E-state index in [1.54, 1.807) is 13.3 Å². The molecule has 4 nitrogen and oxygen atoms in total. The topological polar surface area (TPSA) is 61.0 Å². The molecule has 4 heteroatoms. The van der Waals surface area contributed by atoms with Crippen LogP contribution in [0.2, 0.25) is 0 Å². The molecule has 2 aromatic heterocycles. The molecule has 128 valence electrons. The molecule has 0 saturated carbocycles. The lowest BCUT2D eigenvalue weighted by atomic mass is 9.97. The monoisotopic (exact) mass is 341 g/mol. The van der Waals surface area contributed by atoms with Gasteiger partial charge in [0.25, 0.3) is 0 Å². The van der Waals surface area contributed by atoms with E-state index in [1.807, 2.05) is 36.4 Å². The van der Waals surface area contributed by atoms with Crippen LogP contribution in [0.4, 0.5) is 0 Å². The van der Waals surface area contributed by atoms with E-state index < -0.39 is 0 Å². The zero-order valence-electron chi connectivity index (χ0n) is 14.5. The van der Waals surface area contributed by atoms with Crippen molar-refractivity contribution in [1.29, 1.82) is 0 Å². The quantitative estimate of drug-likeness (QED) is 0.596. The number of benzene rings is 2. The highest BCUT2D eigenvalue weighted by Crippen LogP contribution is 2.35. The van der Waals surface area contributed by atoms with Gasteiger partial charge in [-0.1, -0.05) is 54.6 Å². The minimum Gasteiger partial charge on any atom is -0.481 e. The molecule has 0 fully saturated rings. The van der Waals surface area contributed by atoms with Gasteiger partial charge in [-0.05, 0) is 23.3 Å². The molecule has 0 atom stereocenters. The molecule has 2 heterocycles. The van der Waals surface area contributed by atoms with Gasteiger partial charge in [-0.2, -0.15) is 0 Å². The van der Waals surface area contributed by atoms with Gasteiger partial charge in [0.1, 0.15) is 0 Å². The van der Waals surface area contributed by atoms with Crippen LogP contribution in [0, 0.1) is 0 Å². The van der Waals surface area contributed by atoms with Gasteiger partial charge in [-0.25, -0.2) is 9.97 Å². The summed E-state index contributed by atoms with van der Waals surface area (Å²) in [6.07, 6.45) is 1.72. The van der Waals surface area contributed by atoms with Crippen LogP contribution in [0.1, 0.15) is 5.56 Å². The highest BCUT2D eigenvalue weighted by molar-refractivity contribution is 5.93. The molecule has 0 bridgehead atoms. The number of pyridine rings is 2. The third-order valence-corrected chi connectivity index (χ3v) is 4.45. The lowest BCUT2D eigenvalue weighted by Crippen LogP contribution is -1.97. The van der Waals surface area contributed by atoms with Crippen molar-refractivity contribution in [3.05, 3.63) is 78.5 Å². The van der Waals surface area contributed by atoms with Crippen molar-refractivity contribution in [2.75, 3.05) is 7.11 Å². The fourth-order valence-electron chi connectivity index (χ4n) is 3.09. The van der Waals surface area contributed by atoms with Crippen LogP contribution in [-0.2, 0) is 6.54 Å². The average molecular weight is 341 g/mol. The van der Waals surface area contributed by atoms with Crippen molar-refractivity contribution in [3.8, 4) is 28.3 Å². The first kappa shape index (κ1) is 16.2. The SMILES string of the molecule is COc1nccc2nc(-c3ccc(CN)cc3)c(-c3ccccc3)cc12. The third kappa shape index (κ3) is 2.91. The van der Waals surface area contributed by atoms with Gasteiger partial charge in [-0.3, -0.25) is 0 Å². The van der Waals surface area contributed by atoms with Crippen molar-refractivity contribution in [3.63, 3.8) is 0 Å². The second-order valence-corrected chi connectivity index (χ2v) is 6.04. The number of rotatable bonds is 4. The van der Waals surface area contributed by atoms with Crippen LogP contribution in [0.25, 0.3) is 33.3 Å². The molecule has 2 N–H and O–H groups in total. The normalized spacial score (nSPS) is 10.8. The molecular weight excluding hydrogens is 322 g/mol. The summed E-state index contributed by atoms with van der Waals surface area (Å²) in [4.78, 5) is 9.24. The Hall–Kier alpha value is -3.24. The second kappa shape index (κ2) is 6.94. The molecule has 0 aliphatic heterocycles. The second-order valence-electron chi connectivity index (χ2n) is 6.04. The number of fused-ring (bicyclic) bond motifs is 1. The van der Waals surface area contributed by atoms with Gasteiger partial charge < -0.3 is 10.5 Å². The highest BCUT2D eigenvalue weighted by Gasteiger charge is 2.14. The van der Waals surface area contributed by atoms with E-state index in [0.29, 0.717) is 12.4 Å². The minimum absolute atomic E-state index is 0.528. The maximum absolute atomic E-state index is 5.73. The fourth-order valence-corrected chi connectivity index (χ4v) is 3.09. The summed E-state index contributed by atoms with van der Waals surface area (Å²) in [7, 11) is 1.63. The van der Waals surface area contributed by atoms with Crippen molar-refractivity contribution in [2.45, 2.75) is 6.54 Å². The van der Waals surface area contributed by atoms with Gasteiger partial charge in [0.05, 0.1) is 23.7 Å². The first-order valence-electron chi connectivity index (χ1n) is 8.48. The van der Waals surface area contributed by atoms with Gasteiger partial charge in [0.15, 0.2) is 0 Å². The van der Waals surface area contributed by atoms with Crippen molar-refractivity contribution in [2.24, 2.45) is 5.73 Å². The Morgan fingerprint density at radius 2 is 1.69 bits per heavy atom. The Morgan fingerprint density at radius 1 is 0.923 bits per heavy atom. The number of aromatic nitrogens is 2. The lowest BCUT2D eigenvalue weighted by Gasteiger charge is -2.13. The molecule has 0 spiro atoms. The molecule has 0 aliphatic carbocycles. The zero-order valence-corrected chi connectivity index (χ0v) is 14.5. The summed E-state index contributed by atoms with van der Waals surface area (Å²) in [5, 5.41) is 0.899. The Labute approximate surface area is 152 Å².